The molecule has 0 fully saturated rings. The maximum absolute atomic E-state index is 13.4. The van der Waals surface area contributed by atoms with E-state index >= 15 is 0 Å². The molecule has 0 spiro atoms. The first-order valence-corrected chi connectivity index (χ1v) is 12.3. The molecular formula is C25H25N3OS2. The normalized spacial score (nSPS) is 11.2. The number of rotatable bonds is 7. The molecular weight excluding hydrogens is 422 g/mol. The largest absolute Gasteiger partial charge is 0.283 e. The summed E-state index contributed by atoms with van der Waals surface area (Å²) in [6, 6.07) is 18.3. The molecule has 0 bridgehead atoms. The first-order chi connectivity index (χ1) is 15.0. The smallest absolute Gasteiger partial charge is 0.233 e. The van der Waals surface area contributed by atoms with Crippen LogP contribution in [0.2, 0.25) is 0 Å². The van der Waals surface area contributed by atoms with Crippen molar-refractivity contribution in [1.82, 2.24) is 9.97 Å². The molecule has 0 aliphatic carbocycles. The van der Waals surface area contributed by atoms with Gasteiger partial charge in [-0.05, 0) is 53.1 Å². The maximum atomic E-state index is 13.4. The Morgan fingerprint density at radius 3 is 2.55 bits per heavy atom. The number of carbonyl (C=O) groups is 1. The zero-order valence-corrected chi connectivity index (χ0v) is 19.5. The summed E-state index contributed by atoms with van der Waals surface area (Å²) in [4.78, 5) is 25.6. The molecule has 0 aliphatic rings. The van der Waals surface area contributed by atoms with Gasteiger partial charge in [-0.1, -0.05) is 55.5 Å². The number of anilines is 1. The van der Waals surface area contributed by atoms with Gasteiger partial charge in [0.25, 0.3) is 0 Å². The lowest BCUT2D eigenvalue weighted by Crippen LogP contribution is -2.31. The predicted octanol–water partition coefficient (Wildman–Crippen LogP) is 6.31. The van der Waals surface area contributed by atoms with Gasteiger partial charge in [0.15, 0.2) is 5.13 Å². The molecule has 4 nitrogen and oxygen atoms in total. The van der Waals surface area contributed by atoms with Crippen molar-refractivity contribution in [2.75, 3.05) is 11.2 Å². The first kappa shape index (κ1) is 21.5. The summed E-state index contributed by atoms with van der Waals surface area (Å²) in [5.41, 5.74) is 4.19. The minimum absolute atomic E-state index is 0.0332. The molecule has 2 aromatic carbocycles. The fraction of sp³-hybridized carbons (Fsp3) is 0.240. The number of amides is 1. The highest BCUT2D eigenvalue weighted by Crippen LogP contribution is 2.34. The topological polar surface area (TPSA) is 46.1 Å². The van der Waals surface area contributed by atoms with Crippen LogP contribution in [0.3, 0.4) is 0 Å². The number of nitrogens with zero attached hydrogens (tertiary/aromatic N) is 3. The lowest BCUT2D eigenvalue weighted by atomic mass is 10.0. The molecule has 0 atom stereocenters. The van der Waals surface area contributed by atoms with E-state index in [1.165, 1.54) is 10.5 Å². The Morgan fingerprint density at radius 2 is 1.87 bits per heavy atom. The van der Waals surface area contributed by atoms with Crippen molar-refractivity contribution in [3.05, 3.63) is 83.7 Å². The zero-order valence-electron chi connectivity index (χ0n) is 17.9. The Kier molecular flexibility index (Phi) is 6.68. The Morgan fingerprint density at radius 1 is 1.06 bits per heavy atom. The van der Waals surface area contributed by atoms with E-state index in [9.17, 15) is 4.79 Å². The van der Waals surface area contributed by atoms with E-state index in [1.807, 2.05) is 30.5 Å². The van der Waals surface area contributed by atoms with Crippen LogP contribution in [0.25, 0.3) is 10.2 Å². The highest BCUT2D eigenvalue weighted by molar-refractivity contribution is 7.98. The molecule has 0 N–H and O–H groups in total. The van der Waals surface area contributed by atoms with Crippen molar-refractivity contribution in [2.24, 2.45) is 0 Å². The number of para-hydroxylation sites is 1. The molecule has 0 aliphatic heterocycles. The molecule has 0 saturated heterocycles. The van der Waals surface area contributed by atoms with Crippen LogP contribution < -0.4 is 4.90 Å². The molecule has 1 amide bonds. The molecule has 0 unspecified atom stereocenters. The van der Waals surface area contributed by atoms with Gasteiger partial charge in [-0.2, -0.15) is 0 Å². The van der Waals surface area contributed by atoms with Crippen molar-refractivity contribution in [2.45, 2.75) is 37.6 Å². The van der Waals surface area contributed by atoms with E-state index in [2.05, 4.69) is 49.2 Å². The number of benzene rings is 2. The first-order valence-electron chi connectivity index (χ1n) is 10.3. The van der Waals surface area contributed by atoms with Crippen molar-refractivity contribution in [3.63, 3.8) is 0 Å². The Labute approximate surface area is 191 Å². The molecule has 4 aromatic rings. The molecule has 6 heteroatoms. The number of hydrogen-bond donors (Lipinski definition) is 0. The molecule has 0 saturated carbocycles. The van der Waals surface area contributed by atoms with Crippen LogP contribution in [0.15, 0.2) is 71.9 Å². The monoisotopic (exact) mass is 447 g/mol. The summed E-state index contributed by atoms with van der Waals surface area (Å²) < 4.78 is 1.11. The van der Waals surface area contributed by atoms with Gasteiger partial charge >= 0.3 is 0 Å². The summed E-state index contributed by atoms with van der Waals surface area (Å²) in [7, 11) is 0. The van der Waals surface area contributed by atoms with Crippen LogP contribution >= 0.6 is 23.1 Å². The van der Waals surface area contributed by atoms with Gasteiger partial charge in [0, 0.05) is 17.3 Å². The van der Waals surface area contributed by atoms with E-state index in [4.69, 9.17) is 4.98 Å². The molecule has 2 heterocycles. The second kappa shape index (κ2) is 9.62. The Hall–Kier alpha value is -2.70. The third-order valence-electron chi connectivity index (χ3n) is 5.17. The van der Waals surface area contributed by atoms with Crippen LogP contribution in [0, 0.1) is 0 Å². The summed E-state index contributed by atoms with van der Waals surface area (Å²) in [6.07, 6.45) is 5.94. The Bertz CT molecular complexity index is 1170. The average molecular weight is 448 g/mol. The third-order valence-corrected chi connectivity index (χ3v) is 6.96. The predicted molar refractivity (Wildman–Crippen MR) is 131 cm³/mol. The van der Waals surface area contributed by atoms with Gasteiger partial charge in [0.2, 0.25) is 5.91 Å². The van der Waals surface area contributed by atoms with Crippen molar-refractivity contribution in [1.29, 1.82) is 0 Å². The van der Waals surface area contributed by atoms with Crippen LogP contribution in [0.5, 0.6) is 0 Å². The molecule has 158 valence electrons. The SMILES string of the molecule is CSc1ccc(CC(=O)N(Cc2cccnc2)c2nc3c(C(C)C)cccc3s2)cc1. The number of pyridine rings is 1. The van der Waals surface area contributed by atoms with Crippen LogP contribution in [-0.2, 0) is 17.8 Å². The summed E-state index contributed by atoms with van der Waals surface area (Å²) in [6.45, 7) is 4.79. The quantitative estimate of drug-likeness (QED) is 0.311. The number of aromatic nitrogens is 2. The second-order valence-electron chi connectivity index (χ2n) is 7.71. The second-order valence-corrected chi connectivity index (χ2v) is 9.60. The molecule has 31 heavy (non-hydrogen) atoms. The molecule has 2 aromatic heterocycles. The van der Waals surface area contributed by atoms with E-state index in [1.54, 1.807) is 40.4 Å². The highest BCUT2D eigenvalue weighted by Gasteiger charge is 2.22. The van der Waals surface area contributed by atoms with E-state index in [-0.39, 0.29) is 5.91 Å². The summed E-state index contributed by atoms with van der Waals surface area (Å²) in [5.74, 6) is 0.405. The van der Waals surface area contributed by atoms with Gasteiger partial charge in [0.1, 0.15) is 0 Å². The zero-order chi connectivity index (χ0) is 21.8. The van der Waals surface area contributed by atoms with Gasteiger partial charge in [-0.3, -0.25) is 14.7 Å². The average Bonchev–Trinajstić information content (AvgIpc) is 3.22. The van der Waals surface area contributed by atoms with Crippen LogP contribution in [0.4, 0.5) is 5.13 Å². The number of fused-ring (bicyclic) bond motifs is 1. The maximum Gasteiger partial charge on any atom is 0.233 e. The lowest BCUT2D eigenvalue weighted by Gasteiger charge is -2.20. The summed E-state index contributed by atoms with van der Waals surface area (Å²) >= 11 is 3.27. The van der Waals surface area contributed by atoms with Gasteiger partial charge in [-0.25, -0.2) is 4.98 Å². The third kappa shape index (κ3) is 4.97. The highest BCUT2D eigenvalue weighted by atomic mass is 32.2. The van der Waals surface area contributed by atoms with E-state index < -0.39 is 0 Å². The number of hydrogen-bond acceptors (Lipinski definition) is 5. The minimum atomic E-state index is 0.0332. The van der Waals surface area contributed by atoms with E-state index in [0.717, 1.165) is 26.5 Å². The molecule has 4 rings (SSSR count). The van der Waals surface area contributed by atoms with Crippen molar-refractivity contribution < 1.29 is 4.79 Å². The van der Waals surface area contributed by atoms with Crippen LogP contribution in [-0.4, -0.2) is 22.1 Å². The minimum Gasteiger partial charge on any atom is -0.283 e. The van der Waals surface area contributed by atoms with Crippen molar-refractivity contribution >= 4 is 44.4 Å². The van der Waals surface area contributed by atoms with E-state index in [0.29, 0.717) is 18.9 Å². The van der Waals surface area contributed by atoms with Gasteiger partial charge < -0.3 is 0 Å². The number of thioether (sulfide) groups is 1. The number of carbonyl (C=O) groups excluding carboxylic acids is 1. The molecule has 0 radical (unpaired) electrons. The van der Waals surface area contributed by atoms with Gasteiger partial charge in [0.05, 0.1) is 23.2 Å². The fourth-order valence-electron chi connectivity index (χ4n) is 3.49. The number of thiazole rings is 1. The Balaban J connectivity index is 1.69. The van der Waals surface area contributed by atoms with Crippen molar-refractivity contribution in [3.8, 4) is 0 Å². The lowest BCUT2D eigenvalue weighted by molar-refractivity contribution is -0.118. The fourth-order valence-corrected chi connectivity index (χ4v) is 4.91. The standard InChI is InChI=1S/C25H25N3OS2/c1-17(2)21-7-4-8-22-24(21)27-25(31-22)28(16-19-6-5-13-26-15-19)23(29)14-18-9-11-20(30-3)12-10-18/h4-13,15,17H,14,16H2,1-3H3. The summed E-state index contributed by atoms with van der Waals surface area (Å²) in [5, 5.41) is 0.734. The van der Waals surface area contributed by atoms with Gasteiger partial charge in [-0.15, -0.1) is 11.8 Å². The van der Waals surface area contributed by atoms with Crippen LogP contribution in [0.1, 0.15) is 36.5 Å².